The minimum absolute atomic E-state index is 0.343. The molecule has 4 nitrogen and oxygen atoms in total. The van der Waals surface area contributed by atoms with Crippen molar-refractivity contribution in [2.24, 2.45) is 16.1 Å². The fraction of sp³-hybridized carbons (Fsp3) is 0.667. The predicted octanol–water partition coefficient (Wildman–Crippen LogP) is 2.40. The van der Waals surface area contributed by atoms with Crippen LogP contribution in [0.4, 0.5) is 0 Å². The second-order valence-electron chi connectivity index (χ2n) is 5.55. The van der Waals surface area contributed by atoms with E-state index in [1.165, 1.54) is 24.1 Å². The van der Waals surface area contributed by atoms with Crippen LogP contribution in [0.5, 0.6) is 0 Å². The predicted molar refractivity (Wildman–Crippen MR) is 85.3 cm³/mol. The van der Waals surface area contributed by atoms with Crippen molar-refractivity contribution in [2.45, 2.75) is 32.1 Å². The molecule has 20 heavy (non-hydrogen) atoms. The van der Waals surface area contributed by atoms with E-state index in [1.54, 1.807) is 18.4 Å². The van der Waals surface area contributed by atoms with E-state index >= 15 is 0 Å². The highest BCUT2D eigenvalue weighted by atomic mass is 32.1. The summed E-state index contributed by atoms with van der Waals surface area (Å²) in [6.45, 7) is 2.50. The summed E-state index contributed by atoms with van der Waals surface area (Å²) in [4.78, 5) is 5.90. The van der Waals surface area contributed by atoms with Crippen LogP contribution in [-0.2, 0) is 11.2 Å². The Labute approximate surface area is 125 Å². The van der Waals surface area contributed by atoms with Crippen LogP contribution in [0.3, 0.4) is 0 Å². The molecule has 1 aliphatic rings. The standard InChI is InChI=1S/C15H25N3OS/c1-19-10-8-15(6-3-7-15)12-18-14(16)17-9-5-13-4-2-11-20-13/h2,4,11H,3,5-10,12H2,1H3,(H3,16,17,18). The molecule has 0 aromatic carbocycles. The van der Waals surface area contributed by atoms with Crippen LogP contribution in [0.15, 0.2) is 22.5 Å². The van der Waals surface area contributed by atoms with Gasteiger partial charge in [0, 0.05) is 31.7 Å². The van der Waals surface area contributed by atoms with Gasteiger partial charge in [-0.05, 0) is 42.5 Å². The van der Waals surface area contributed by atoms with Gasteiger partial charge in [-0.3, -0.25) is 4.99 Å². The zero-order valence-electron chi connectivity index (χ0n) is 12.2. The van der Waals surface area contributed by atoms with Crippen LogP contribution in [0.2, 0.25) is 0 Å². The smallest absolute Gasteiger partial charge is 0.188 e. The normalized spacial score (nSPS) is 17.8. The lowest BCUT2D eigenvalue weighted by Crippen LogP contribution is -2.38. The minimum Gasteiger partial charge on any atom is -0.385 e. The second kappa shape index (κ2) is 7.64. The van der Waals surface area contributed by atoms with Gasteiger partial charge in [-0.15, -0.1) is 11.3 Å². The van der Waals surface area contributed by atoms with Crippen molar-refractivity contribution in [1.82, 2.24) is 5.32 Å². The quantitative estimate of drug-likeness (QED) is 0.572. The first-order valence-corrected chi connectivity index (χ1v) is 8.17. The summed E-state index contributed by atoms with van der Waals surface area (Å²) >= 11 is 1.78. The maximum absolute atomic E-state index is 5.94. The molecule has 1 aliphatic carbocycles. The summed E-state index contributed by atoms with van der Waals surface area (Å²) < 4.78 is 5.19. The Morgan fingerprint density at radius 3 is 3.00 bits per heavy atom. The molecule has 3 N–H and O–H groups in total. The first-order valence-electron chi connectivity index (χ1n) is 7.29. The minimum atomic E-state index is 0.343. The van der Waals surface area contributed by atoms with E-state index in [0.717, 1.165) is 32.5 Å². The molecule has 1 heterocycles. The molecule has 1 aromatic heterocycles. The van der Waals surface area contributed by atoms with Gasteiger partial charge in [0.15, 0.2) is 5.96 Å². The van der Waals surface area contributed by atoms with E-state index < -0.39 is 0 Å². The van der Waals surface area contributed by atoms with Gasteiger partial charge in [0.1, 0.15) is 0 Å². The van der Waals surface area contributed by atoms with Crippen LogP contribution in [0.25, 0.3) is 0 Å². The number of thiophene rings is 1. The Morgan fingerprint density at radius 2 is 2.40 bits per heavy atom. The molecular weight excluding hydrogens is 270 g/mol. The highest BCUT2D eigenvalue weighted by molar-refractivity contribution is 7.09. The van der Waals surface area contributed by atoms with Crippen molar-refractivity contribution in [1.29, 1.82) is 0 Å². The van der Waals surface area contributed by atoms with Crippen LogP contribution < -0.4 is 11.1 Å². The molecule has 1 saturated carbocycles. The number of methoxy groups -OCH3 is 1. The maximum Gasteiger partial charge on any atom is 0.188 e. The molecule has 0 aliphatic heterocycles. The molecule has 0 amide bonds. The Bertz CT molecular complexity index is 413. The lowest BCUT2D eigenvalue weighted by atomic mass is 9.67. The average molecular weight is 295 g/mol. The van der Waals surface area contributed by atoms with E-state index in [4.69, 9.17) is 10.5 Å². The third-order valence-corrected chi connectivity index (χ3v) is 5.03. The highest BCUT2D eigenvalue weighted by Gasteiger charge is 2.36. The first-order chi connectivity index (χ1) is 9.74. The van der Waals surface area contributed by atoms with Gasteiger partial charge in [0.05, 0.1) is 0 Å². The van der Waals surface area contributed by atoms with Gasteiger partial charge in [0.25, 0.3) is 0 Å². The molecule has 5 heteroatoms. The van der Waals surface area contributed by atoms with Crippen molar-refractivity contribution in [3.05, 3.63) is 22.4 Å². The van der Waals surface area contributed by atoms with Crippen molar-refractivity contribution < 1.29 is 4.74 Å². The van der Waals surface area contributed by atoms with E-state index in [1.807, 2.05) is 0 Å². The third-order valence-electron chi connectivity index (χ3n) is 4.09. The summed E-state index contributed by atoms with van der Waals surface area (Å²) in [6.07, 6.45) is 5.91. The van der Waals surface area contributed by atoms with E-state index in [0.29, 0.717) is 11.4 Å². The SMILES string of the molecule is COCCC1(CN=C(N)NCCc2cccs2)CCC1. The summed E-state index contributed by atoms with van der Waals surface area (Å²) in [7, 11) is 1.76. The third kappa shape index (κ3) is 4.49. The van der Waals surface area contributed by atoms with Gasteiger partial charge in [-0.2, -0.15) is 0 Å². The fourth-order valence-corrected chi connectivity index (χ4v) is 3.27. The Balaban J connectivity index is 1.69. The van der Waals surface area contributed by atoms with Crippen LogP contribution in [0.1, 0.15) is 30.6 Å². The molecule has 112 valence electrons. The fourth-order valence-electron chi connectivity index (χ4n) is 2.56. The van der Waals surface area contributed by atoms with Gasteiger partial charge >= 0.3 is 0 Å². The number of rotatable bonds is 8. The van der Waals surface area contributed by atoms with Gasteiger partial charge in [0.2, 0.25) is 0 Å². The molecule has 0 atom stereocenters. The summed E-state index contributed by atoms with van der Waals surface area (Å²) in [5, 5.41) is 5.30. The second-order valence-corrected chi connectivity index (χ2v) is 6.59. The van der Waals surface area contributed by atoms with Crippen LogP contribution in [-0.4, -0.2) is 32.8 Å². The Morgan fingerprint density at radius 1 is 1.55 bits per heavy atom. The molecule has 2 rings (SSSR count). The van der Waals surface area contributed by atoms with Crippen LogP contribution >= 0.6 is 11.3 Å². The molecule has 0 saturated heterocycles. The average Bonchev–Trinajstić information content (AvgIpc) is 2.90. The Hall–Kier alpha value is -1.07. The number of aliphatic imine (C=N–C) groups is 1. The van der Waals surface area contributed by atoms with Crippen molar-refractivity contribution in [2.75, 3.05) is 26.8 Å². The number of nitrogens with zero attached hydrogens (tertiary/aromatic N) is 1. The molecule has 1 aromatic rings. The van der Waals surface area contributed by atoms with Gasteiger partial charge in [-0.25, -0.2) is 0 Å². The highest BCUT2D eigenvalue weighted by Crippen LogP contribution is 2.44. The van der Waals surface area contributed by atoms with Crippen molar-refractivity contribution in [3.63, 3.8) is 0 Å². The molecule has 0 spiro atoms. The summed E-state index contributed by atoms with van der Waals surface area (Å²) in [5.41, 5.74) is 6.28. The number of hydrogen-bond donors (Lipinski definition) is 2. The largest absolute Gasteiger partial charge is 0.385 e. The van der Waals surface area contributed by atoms with Crippen molar-refractivity contribution >= 4 is 17.3 Å². The number of guanidine groups is 1. The lowest BCUT2D eigenvalue weighted by Gasteiger charge is -2.40. The molecular formula is C15H25N3OS. The summed E-state index contributed by atoms with van der Waals surface area (Å²) in [6, 6.07) is 4.22. The zero-order valence-corrected chi connectivity index (χ0v) is 13.0. The topological polar surface area (TPSA) is 59.6 Å². The number of nitrogens with two attached hydrogens (primary N) is 1. The van der Waals surface area contributed by atoms with E-state index in [-0.39, 0.29) is 0 Å². The number of hydrogen-bond acceptors (Lipinski definition) is 3. The molecule has 1 fully saturated rings. The monoisotopic (exact) mass is 295 g/mol. The zero-order chi connectivity index (χ0) is 14.3. The molecule has 0 radical (unpaired) electrons. The van der Waals surface area contributed by atoms with Crippen LogP contribution in [0, 0.1) is 5.41 Å². The first kappa shape index (κ1) is 15.3. The Kier molecular flexibility index (Phi) is 5.86. The van der Waals surface area contributed by atoms with E-state index in [9.17, 15) is 0 Å². The maximum atomic E-state index is 5.94. The lowest BCUT2D eigenvalue weighted by molar-refractivity contribution is 0.0779. The molecule has 0 bridgehead atoms. The van der Waals surface area contributed by atoms with Gasteiger partial charge in [-0.1, -0.05) is 12.5 Å². The van der Waals surface area contributed by atoms with E-state index in [2.05, 4.69) is 27.8 Å². The molecule has 0 unspecified atom stereocenters. The summed E-state index contributed by atoms with van der Waals surface area (Å²) in [5.74, 6) is 0.574. The number of nitrogens with one attached hydrogen (secondary N) is 1. The van der Waals surface area contributed by atoms with Crippen molar-refractivity contribution in [3.8, 4) is 0 Å². The number of ether oxygens (including phenoxy) is 1. The van der Waals surface area contributed by atoms with Gasteiger partial charge < -0.3 is 15.8 Å².